The molecule has 1 aliphatic heterocycles. The summed E-state index contributed by atoms with van der Waals surface area (Å²) in [5.74, 6) is 0.576. The Bertz CT molecular complexity index is 350. The Hall–Kier alpha value is -1.18. The SMILES string of the molecule is CC(C)NCc1nnc(NCC2COCCO2)o1. The molecule has 7 heteroatoms. The van der Waals surface area contributed by atoms with Crippen LogP contribution in [-0.4, -0.2) is 48.7 Å². The molecule has 2 rings (SSSR count). The minimum absolute atomic E-state index is 0.0443. The lowest BCUT2D eigenvalue weighted by molar-refractivity contribution is -0.0820. The molecule has 1 aromatic rings. The summed E-state index contributed by atoms with van der Waals surface area (Å²) in [6.45, 7) is 7.23. The Balaban J connectivity index is 1.72. The number of rotatable bonds is 6. The fourth-order valence-electron chi connectivity index (χ4n) is 1.54. The summed E-state index contributed by atoms with van der Waals surface area (Å²) >= 11 is 0. The van der Waals surface area contributed by atoms with Gasteiger partial charge in [-0.05, 0) is 0 Å². The van der Waals surface area contributed by atoms with Crippen LogP contribution in [0.25, 0.3) is 0 Å². The van der Waals surface area contributed by atoms with E-state index in [0.29, 0.717) is 50.9 Å². The first kappa shape index (κ1) is 13.3. The Morgan fingerprint density at radius 3 is 2.94 bits per heavy atom. The number of ether oxygens (including phenoxy) is 2. The molecule has 0 aliphatic carbocycles. The first-order valence-corrected chi connectivity index (χ1v) is 6.23. The fourth-order valence-corrected chi connectivity index (χ4v) is 1.54. The van der Waals surface area contributed by atoms with Gasteiger partial charge in [0.25, 0.3) is 0 Å². The van der Waals surface area contributed by atoms with E-state index >= 15 is 0 Å². The Morgan fingerprint density at radius 2 is 2.22 bits per heavy atom. The van der Waals surface area contributed by atoms with Gasteiger partial charge in [-0.2, -0.15) is 0 Å². The third-order valence-corrected chi connectivity index (χ3v) is 2.49. The predicted molar refractivity (Wildman–Crippen MR) is 65.3 cm³/mol. The number of hydrogen-bond acceptors (Lipinski definition) is 7. The Labute approximate surface area is 106 Å². The van der Waals surface area contributed by atoms with Crippen molar-refractivity contribution in [3.05, 3.63) is 5.89 Å². The molecule has 1 unspecified atom stereocenters. The van der Waals surface area contributed by atoms with Crippen LogP contribution >= 0.6 is 0 Å². The molecule has 1 saturated heterocycles. The lowest BCUT2D eigenvalue weighted by Crippen LogP contribution is -2.34. The summed E-state index contributed by atoms with van der Waals surface area (Å²) in [7, 11) is 0. The van der Waals surface area contributed by atoms with Gasteiger partial charge in [0.15, 0.2) is 0 Å². The fraction of sp³-hybridized carbons (Fsp3) is 0.818. The van der Waals surface area contributed by atoms with Gasteiger partial charge in [0.2, 0.25) is 5.89 Å². The minimum atomic E-state index is 0.0443. The molecule has 0 spiro atoms. The van der Waals surface area contributed by atoms with Crippen LogP contribution in [0.4, 0.5) is 6.01 Å². The molecule has 0 aromatic carbocycles. The predicted octanol–water partition coefficient (Wildman–Crippen LogP) is 0.395. The van der Waals surface area contributed by atoms with E-state index < -0.39 is 0 Å². The van der Waals surface area contributed by atoms with Gasteiger partial charge in [0.1, 0.15) is 0 Å². The van der Waals surface area contributed by atoms with E-state index in [9.17, 15) is 0 Å². The molecule has 102 valence electrons. The molecular weight excluding hydrogens is 236 g/mol. The third-order valence-electron chi connectivity index (χ3n) is 2.49. The van der Waals surface area contributed by atoms with E-state index in [1.807, 2.05) is 0 Å². The molecule has 0 saturated carbocycles. The summed E-state index contributed by atoms with van der Waals surface area (Å²) in [6.07, 6.45) is 0.0443. The molecule has 0 amide bonds. The first-order valence-electron chi connectivity index (χ1n) is 6.23. The van der Waals surface area contributed by atoms with Crippen molar-refractivity contribution in [2.75, 3.05) is 31.7 Å². The molecule has 1 aromatic heterocycles. The number of aromatic nitrogens is 2. The van der Waals surface area contributed by atoms with Crippen molar-refractivity contribution in [2.24, 2.45) is 0 Å². The number of nitrogens with zero attached hydrogens (tertiary/aromatic N) is 2. The third kappa shape index (κ3) is 4.25. The highest BCUT2D eigenvalue weighted by Crippen LogP contribution is 2.07. The Kier molecular flexibility index (Phi) is 4.91. The van der Waals surface area contributed by atoms with E-state index in [2.05, 4.69) is 34.7 Å². The topological polar surface area (TPSA) is 81.4 Å². The second kappa shape index (κ2) is 6.67. The number of hydrogen-bond donors (Lipinski definition) is 2. The van der Waals surface area contributed by atoms with E-state index in [0.717, 1.165) is 0 Å². The average molecular weight is 256 g/mol. The van der Waals surface area contributed by atoms with Crippen LogP contribution in [-0.2, 0) is 16.0 Å². The normalized spacial score (nSPS) is 20.3. The van der Waals surface area contributed by atoms with Crippen molar-refractivity contribution in [1.29, 1.82) is 0 Å². The van der Waals surface area contributed by atoms with Crippen LogP contribution in [0.3, 0.4) is 0 Å². The molecule has 0 radical (unpaired) electrons. The zero-order valence-corrected chi connectivity index (χ0v) is 10.8. The molecule has 2 N–H and O–H groups in total. The molecule has 0 bridgehead atoms. The standard InChI is InChI=1S/C11H20N4O3/c1-8(2)12-6-10-14-15-11(18-10)13-5-9-7-16-3-4-17-9/h8-9,12H,3-7H2,1-2H3,(H,13,15). The van der Waals surface area contributed by atoms with Gasteiger partial charge >= 0.3 is 6.01 Å². The van der Waals surface area contributed by atoms with E-state index in [4.69, 9.17) is 13.9 Å². The molecule has 1 aliphatic rings. The lowest BCUT2D eigenvalue weighted by atomic mass is 10.3. The van der Waals surface area contributed by atoms with Gasteiger partial charge < -0.3 is 24.5 Å². The number of anilines is 1. The maximum Gasteiger partial charge on any atom is 0.315 e. The van der Waals surface area contributed by atoms with Crippen molar-refractivity contribution < 1.29 is 13.9 Å². The monoisotopic (exact) mass is 256 g/mol. The first-order chi connectivity index (χ1) is 8.74. The second-order valence-electron chi connectivity index (χ2n) is 4.49. The molecule has 1 fully saturated rings. The summed E-state index contributed by atoms with van der Waals surface area (Å²) in [5.41, 5.74) is 0. The molecule has 18 heavy (non-hydrogen) atoms. The average Bonchev–Trinajstić information content (AvgIpc) is 2.83. The van der Waals surface area contributed by atoms with Crippen LogP contribution < -0.4 is 10.6 Å². The van der Waals surface area contributed by atoms with Crippen molar-refractivity contribution in [2.45, 2.75) is 32.5 Å². The largest absolute Gasteiger partial charge is 0.407 e. The zero-order chi connectivity index (χ0) is 12.8. The van der Waals surface area contributed by atoms with Crippen molar-refractivity contribution >= 4 is 6.01 Å². The highest BCUT2D eigenvalue weighted by Gasteiger charge is 2.15. The van der Waals surface area contributed by atoms with Crippen LogP contribution in [0, 0.1) is 0 Å². The van der Waals surface area contributed by atoms with Gasteiger partial charge in [-0.15, -0.1) is 5.10 Å². The van der Waals surface area contributed by atoms with Gasteiger partial charge in [-0.3, -0.25) is 0 Å². The molecular formula is C11H20N4O3. The second-order valence-corrected chi connectivity index (χ2v) is 4.49. The molecule has 1 atom stereocenters. The highest BCUT2D eigenvalue weighted by molar-refractivity contribution is 5.17. The summed E-state index contributed by atoms with van der Waals surface area (Å²) in [6, 6.07) is 0.811. The molecule has 2 heterocycles. The summed E-state index contributed by atoms with van der Waals surface area (Å²) < 4.78 is 16.2. The maximum atomic E-state index is 5.50. The Morgan fingerprint density at radius 1 is 1.33 bits per heavy atom. The van der Waals surface area contributed by atoms with Gasteiger partial charge in [0, 0.05) is 12.6 Å². The van der Waals surface area contributed by atoms with Gasteiger partial charge in [-0.1, -0.05) is 18.9 Å². The quantitative estimate of drug-likeness (QED) is 0.762. The minimum Gasteiger partial charge on any atom is -0.407 e. The van der Waals surface area contributed by atoms with E-state index in [1.165, 1.54) is 0 Å². The van der Waals surface area contributed by atoms with E-state index in [-0.39, 0.29) is 6.10 Å². The zero-order valence-electron chi connectivity index (χ0n) is 10.8. The summed E-state index contributed by atoms with van der Waals surface area (Å²) in [4.78, 5) is 0. The van der Waals surface area contributed by atoms with E-state index in [1.54, 1.807) is 0 Å². The smallest absolute Gasteiger partial charge is 0.315 e. The lowest BCUT2D eigenvalue weighted by Gasteiger charge is -2.22. The van der Waals surface area contributed by atoms with Crippen molar-refractivity contribution in [3.63, 3.8) is 0 Å². The maximum absolute atomic E-state index is 5.50. The van der Waals surface area contributed by atoms with Crippen LogP contribution in [0.15, 0.2) is 4.42 Å². The van der Waals surface area contributed by atoms with Crippen LogP contribution in [0.1, 0.15) is 19.7 Å². The number of nitrogens with one attached hydrogen (secondary N) is 2. The summed E-state index contributed by atoms with van der Waals surface area (Å²) in [5, 5.41) is 14.1. The van der Waals surface area contributed by atoms with Crippen LogP contribution in [0.5, 0.6) is 0 Å². The highest BCUT2D eigenvalue weighted by atomic mass is 16.6. The molecule has 7 nitrogen and oxygen atoms in total. The van der Waals surface area contributed by atoms with Crippen molar-refractivity contribution in [3.8, 4) is 0 Å². The van der Waals surface area contributed by atoms with Gasteiger partial charge in [-0.25, -0.2) is 0 Å². The van der Waals surface area contributed by atoms with Crippen molar-refractivity contribution in [1.82, 2.24) is 15.5 Å². The van der Waals surface area contributed by atoms with Crippen LogP contribution in [0.2, 0.25) is 0 Å². The van der Waals surface area contributed by atoms with Gasteiger partial charge in [0.05, 0.1) is 32.5 Å².